The number of ether oxygens (including phenoxy) is 1. The number of anilines is 1. The van der Waals surface area contributed by atoms with Crippen LogP contribution in [0.2, 0.25) is 0 Å². The fraction of sp³-hybridized carbons (Fsp3) is 0.167. The molecule has 3 aromatic rings. The van der Waals surface area contributed by atoms with Gasteiger partial charge in [0, 0.05) is 17.8 Å². The number of nitrogens with two attached hydrogens (primary N) is 1. The van der Waals surface area contributed by atoms with Gasteiger partial charge in [-0.05, 0) is 19.9 Å². The zero-order valence-corrected chi connectivity index (χ0v) is 10.8. The minimum atomic E-state index is 0.505. The lowest BCUT2D eigenvalue weighted by molar-refractivity contribution is 0.464. The summed E-state index contributed by atoms with van der Waals surface area (Å²) in [6.07, 6.45) is 0. The maximum Gasteiger partial charge on any atom is 0.238 e. The summed E-state index contributed by atoms with van der Waals surface area (Å²) in [7, 11) is 0. The number of fused-ring (bicyclic) bond motifs is 1. The molecule has 1 aromatic carbocycles. The number of nitrogens with zero attached hydrogens (tertiary/aromatic N) is 2. The van der Waals surface area contributed by atoms with Gasteiger partial charge in [0.2, 0.25) is 5.88 Å². The molecule has 2 aromatic heterocycles. The quantitative estimate of drug-likeness (QED) is 0.694. The fourth-order valence-electron chi connectivity index (χ4n) is 1.73. The summed E-state index contributed by atoms with van der Waals surface area (Å²) < 4.78 is 6.71. The average molecular weight is 260 g/mol. The monoisotopic (exact) mass is 260 g/mol. The van der Waals surface area contributed by atoms with Crippen molar-refractivity contribution in [2.75, 3.05) is 5.73 Å². The van der Waals surface area contributed by atoms with E-state index >= 15 is 0 Å². The van der Waals surface area contributed by atoms with Crippen LogP contribution in [0.25, 0.3) is 10.2 Å². The zero-order valence-electron chi connectivity index (χ0n) is 10.0. The summed E-state index contributed by atoms with van der Waals surface area (Å²) in [6, 6.07) is 5.54. The Morgan fingerprint density at radius 3 is 2.83 bits per heavy atom. The normalized spacial score (nSPS) is 11.0. The topological polar surface area (TPSA) is 76.8 Å². The Kier molecular flexibility index (Phi) is 2.45. The first kappa shape index (κ1) is 11.0. The minimum absolute atomic E-state index is 0.505. The number of aromatic nitrogens is 3. The molecule has 0 aliphatic rings. The summed E-state index contributed by atoms with van der Waals surface area (Å²) >= 11 is 1.62. The maximum atomic E-state index is 5.97. The Bertz CT molecular complexity index is 716. The highest BCUT2D eigenvalue weighted by Crippen LogP contribution is 2.33. The summed E-state index contributed by atoms with van der Waals surface area (Å²) in [6.45, 7) is 3.88. The molecular weight excluding hydrogens is 248 g/mol. The molecule has 3 N–H and O–H groups in total. The predicted octanol–water partition coefficient (Wildman–Crippen LogP) is 3.01. The number of hydrogen-bond donors (Lipinski definition) is 2. The van der Waals surface area contributed by atoms with Crippen molar-refractivity contribution in [2.24, 2.45) is 0 Å². The second-order valence-electron chi connectivity index (χ2n) is 4.08. The third-order valence-electron chi connectivity index (χ3n) is 2.52. The first-order chi connectivity index (χ1) is 8.61. The van der Waals surface area contributed by atoms with Gasteiger partial charge < -0.3 is 10.5 Å². The summed E-state index contributed by atoms with van der Waals surface area (Å²) in [4.78, 5) is 4.42. The molecule has 0 fully saturated rings. The van der Waals surface area contributed by atoms with Crippen LogP contribution in [0.1, 0.15) is 10.7 Å². The lowest BCUT2D eigenvalue weighted by atomic mass is 10.3. The standard InChI is InChI=1S/C12H12N4OS/c1-6-3-12(16-15-6)17-10-5-9-11(4-8(10)13)18-7(2)14-9/h3-5H,13H2,1-2H3,(H,15,16). The van der Waals surface area contributed by atoms with E-state index in [4.69, 9.17) is 10.5 Å². The molecular formula is C12H12N4OS. The number of hydrogen-bond acceptors (Lipinski definition) is 5. The van der Waals surface area contributed by atoms with Crippen LogP contribution < -0.4 is 10.5 Å². The first-order valence-corrected chi connectivity index (χ1v) is 6.30. The Morgan fingerprint density at radius 1 is 1.28 bits per heavy atom. The molecule has 0 aliphatic heterocycles. The summed E-state index contributed by atoms with van der Waals surface area (Å²) in [5, 5.41) is 7.85. The average Bonchev–Trinajstić information content (AvgIpc) is 2.85. The fourth-order valence-corrected chi connectivity index (χ4v) is 2.59. The van der Waals surface area contributed by atoms with Gasteiger partial charge in [-0.2, -0.15) is 0 Å². The highest BCUT2D eigenvalue weighted by atomic mass is 32.1. The molecule has 0 atom stereocenters. The van der Waals surface area contributed by atoms with Crippen LogP contribution in [0.3, 0.4) is 0 Å². The van der Waals surface area contributed by atoms with Gasteiger partial charge in [0.05, 0.1) is 20.9 Å². The Hall–Kier alpha value is -2.08. The largest absolute Gasteiger partial charge is 0.435 e. The molecule has 0 radical (unpaired) electrons. The highest BCUT2D eigenvalue weighted by molar-refractivity contribution is 7.18. The van der Waals surface area contributed by atoms with Gasteiger partial charge in [0.25, 0.3) is 0 Å². The van der Waals surface area contributed by atoms with E-state index in [0.717, 1.165) is 20.9 Å². The van der Waals surface area contributed by atoms with Gasteiger partial charge in [0.15, 0.2) is 5.75 Å². The molecule has 0 aliphatic carbocycles. The summed E-state index contributed by atoms with van der Waals surface area (Å²) in [5.74, 6) is 1.09. The van der Waals surface area contributed by atoms with Gasteiger partial charge in [-0.1, -0.05) is 0 Å². The van der Waals surface area contributed by atoms with Crippen molar-refractivity contribution in [1.29, 1.82) is 0 Å². The van der Waals surface area contributed by atoms with Crippen LogP contribution in [0.4, 0.5) is 5.69 Å². The van der Waals surface area contributed by atoms with E-state index in [1.807, 2.05) is 32.0 Å². The van der Waals surface area contributed by atoms with E-state index in [1.165, 1.54) is 0 Å². The van der Waals surface area contributed by atoms with Gasteiger partial charge in [0.1, 0.15) is 0 Å². The third kappa shape index (κ3) is 1.91. The number of thiazole rings is 1. The van der Waals surface area contributed by atoms with E-state index in [9.17, 15) is 0 Å². The van der Waals surface area contributed by atoms with Gasteiger partial charge in [-0.25, -0.2) is 4.98 Å². The van der Waals surface area contributed by atoms with Gasteiger partial charge in [-0.3, -0.25) is 5.10 Å². The van der Waals surface area contributed by atoms with Crippen LogP contribution >= 0.6 is 11.3 Å². The third-order valence-corrected chi connectivity index (χ3v) is 3.46. The minimum Gasteiger partial charge on any atom is -0.435 e. The maximum absolute atomic E-state index is 5.97. The van der Waals surface area contributed by atoms with Crippen molar-refractivity contribution >= 4 is 27.2 Å². The molecule has 0 bridgehead atoms. The van der Waals surface area contributed by atoms with Crippen molar-refractivity contribution in [3.8, 4) is 11.6 Å². The van der Waals surface area contributed by atoms with Gasteiger partial charge >= 0.3 is 0 Å². The molecule has 18 heavy (non-hydrogen) atoms. The van der Waals surface area contributed by atoms with E-state index in [0.29, 0.717) is 17.3 Å². The number of H-pyrrole nitrogens is 1. The Labute approximate surface area is 108 Å². The van der Waals surface area contributed by atoms with Crippen LogP contribution in [0, 0.1) is 13.8 Å². The number of nitrogen functional groups attached to an aromatic ring is 1. The molecule has 0 unspecified atom stereocenters. The van der Waals surface area contributed by atoms with E-state index < -0.39 is 0 Å². The number of aryl methyl sites for hydroxylation is 2. The second kappa shape index (κ2) is 3.99. The van der Waals surface area contributed by atoms with Crippen LogP contribution in [-0.2, 0) is 0 Å². The van der Waals surface area contributed by atoms with Crippen molar-refractivity contribution in [2.45, 2.75) is 13.8 Å². The Balaban J connectivity index is 2.02. The first-order valence-electron chi connectivity index (χ1n) is 5.48. The molecule has 3 rings (SSSR count). The molecule has 0 amide bonds. The molecule has 0 saturated heterocycles. The molecule has 5 nitrogen and oxygen atoms in total. The van der Waals surface area contributed by atoms with E-state index in [2.05, 4.69) is 15.2 Å². The molecule has 2 heterocycles. The van der Waals surface area contributed by atoms with Crippen LogP contribution in [-0.4, -0.2) is 15.2 Å². The second-order valence-corrected chi connectivity index (χ2v) is 5.32. The van der Waals surface area contributed by atoms with Crippen LogP contribution in [0.5, 0.6) is 11.6 Å². The molecule has 6 heteroatoms. The SMILES string of the molecule is Cc1cc(Oc2cc3nc(C)sc3cc2N)n[nH]1. The highest BCUT2D eigenvalue weighted by Gasteiger charge is 2.09. The molecule has 0 saturated carbocycles. The lowest BCUT2D eigenvalue weighted by Gasteiger charge is -2.05. The smallest absolute Gasteiger partial charge is 0.238 e. The molecule has 0 spiro atoms. The number of aromatic amines is 1. The van der Waals surface area contributed by atoms with E-state index in [1.54, 1.807) is 11.3 Å². The predicted molar refractivity (Wildman–Crippen MR) is 72.2 cm³/mol. The zero-order chi connectivity index (χ0) is 12.7. The van der Waals surface area contributed by atoms with Crippen LogP contribution in [0.15, 0.2) is 18.2 Å². The number of nitrogens with one attached hydrogen (secondary N) is 1. The Morgan fingerprint density at radius 2 is 2.11 bits per heavy atom. The van der Waals surface area contributed by atoms with Gasteiger partial charge in [-0.15, -0.1) is 16.4 Å². The molecule has 92 valence electrons. The number of rotatable bonds is 2. The van der Waals surface area contributed by atoms with E-state index in [-0.39, 0.29) is 0 Å². The lowest BCUT2D eigenvalue weighted by Crippen LogP contribution is -1.92. The van der Waals surface area contributed by atoms with Crippen molar-refractivity contribution < 1.29 is 4.74 Å². The number of benzene rings is 1. The van der Waals surface area contributed by atoms with Crippen molar-refractivity contribution in [1.82, 2.24) is 15.2 Å². The van der Waals surface area contributed by atoms with Crippen molar-refractivity contribution in [3.63, 3.8) is 0 Å². The summed E-state index contributed by atoms with van der Waals surface area (Å²) in [5.41, 5.74) is 8.39. The van der Waals surface area contributed by atoms with Crippen molar-refractivity contribution in [3.05, 3.63) is 28.9 Å².